The van der Waals surface area contributed by atoms with E-state index in [9.17, 15) is 9.59 Å². The molecule has 5 nitrogen and oxygen atoms in total. The molecule has 1 N–H and O–H groups in total. The van der Waals surface area contributed by atoms with Crippen molar-refractivity contribution >= 4 is 23.5 Å². The molecule has 0 aromatic carbocycles. The molecule has 1 aromatic heterocycles. The molecule has 6 heteroatoms. The lowest BCUT2D eigenvalue weighted by molar-refractivity contribution is -0.125. The summed E-state index contributed by atoms with van der Waals surface area (Å²) in [5.74, 6) is -0.972. The summed E-state index contributed by atoms with van der Waals surface area (Å²) in [5, 5.41) is 2.84. The van der Waals surface area contributed by atoms with Gasteiger partial charge in [-0.1, -0.05) is 25.4 Å². The van der Waals surface area contributed by atoms with E-state index < -0.39 is 5.97 Å². The Labute approximate surface area is 117 Å². The van der Waals surface area contributed by atoms with E-state index >= 15 is 0 Å². The Morgan fingerprint density at radius 1 is 1.42 bits per heavy atom. The quantitative estimate of drug-likeness (QED) is 0.642. The van der Waals surface area contributed by atoms with Crippen LogP contribution in [0.3, 0.4) is 0 Å². The summed E-state index contributed by atoms with van der Waals surface area (Å²) in [6, 6.07) is 3.18. The molecule has 1 rings (SSSR count). The number of halogens is 1. The summed E-state index contributed by atoms with van der Waals surface area (Å²) >= 11 is 5.75. The number of hydrogen-bond donors (Lipinski definition) is 1. The Balaban J connectivity index is 2.47. The first-order valence-corrected chi connectivity index (χ1v) is 6.53. The molecule has 0 fully saturated rings. The lowest BCUT2D eigenvalue weighted by Gasteiger charge is -2.14. The number of nitrogens with one attached hydrogen (secondary N) is 1. The Morgan fingerprint density at radius 2 is 2.11 bits per heavy atom. The van der Waals surface area contributed by atoms with Crippen LogP contribution in [0.15, 0.2) is 18.3 Å². The molecule has 0 aliphatic rings. The van der Waals surface area contributed by atoms with Gasteiger partial charge in [-0.25, -0.2) is 9.78 Å². The predicted molar refractivity (Wildman–Crippen MR) is 72.0 cm³/mol. The minimum absolute atomic E-state index is 0.0629. The fourth-order valence-corrected chi connectivity index (χ4v) is 1.71. The van der Waals surface area contributed by atoms with Crippen LogP contribution in [0.25, 0.3) is 0 Å². The lowest BCUT2D eigenvalue weighted by atomic mass is 10.2. The van der Waals surface area contributed by atoms with E-state index in [1.54, 1.807) is 6.07 Å². The molecule has 0 saturated carbocycles. The van der Waals surface area contributed by atoms with Gasteiger partial charge in [0.2, 0.25) is 0 Å². The molecule has 104 valence electrons. The molecule has 0 bridgehead atoms. The summed E-state index contributed by atoms with van der Waals surface area (Å²) in [5.41, 5.74) is 0.152. The highest BCUT2D eigenvalue weighted by molar-refractivity contribution is 6.32. The molecule has 0 spiro atoms. The third-order valence-corrected chi connectivity index (χ3v) is 2.97. The number of amides is 1. The summed E-state index contributed by atoms with van der Waals surface area (Å²) < 4.78 is 4.89. The fraction of sp³-hybridized carbons (Fsp3) is 0.462. The van der Waals surface area contributed by atoms with Crippen LogP contribution in [0.5, 0.6) is 0 Å². The molecular weight excluding hydrogens is 268 g/mol. The van der Waals surface area contributed by atoms with Crippen LogP contribution in [0, 0.1) is 0 Å². The maximum atomic E-state index is 11.7. The van der Waals surface area contributed by atoms with Crippen molar-refractivity contribution in [1.82, 2.24) is 10.3 Å². The summed E-state index contributed by atoms with van der Waals surface area (Å²) in [6.07, 6.45) is 3.15. The van der Waals surface area contributed by atoms with Crippen LogP contribution in [0.2, 0.25) is 5.15 Å². The number of aromatic nitrogens is 1. The Hall–Kier alpha value is -1.62. The van der Waals surface area contributed by atoms with Gasteiger partial charge in [-0.3, -0.25) is 4.79 Å². The van der Waals surface area contributed by atoms with E-state index in [-0.39, 0.29) is 29.3 Å². The number of carbonyl (C=O) groups excluding carboxylic acids is 2. The Morgan fingerprint density at radius 3 is 2.68 bits per heavy atom. The first-order valence-electron chi connectivity index (χ1n) is 6.15. The molecular formula is C13H17ClN2O3. The second kappa shape index (κ2) is 7.74. The van der Waals surface area contributed by atoms with Crippen molar-refractivity contribution in [3.05, 3.63) is 29.0 Å². The number of pyridine rings is 1. The van der Waals surface area contributed by atoms with Gasteiger partial charge in [0.1, 0.15) is 5.15 Å². The van der Waals surface area contributed by atoms with Crippen molar-refractivity contribution in [2.24, 2.45) is 0 Å². The van der Waals surface area contributed by atoms with E-state index in [0.29, 0.717) is 0 Å². The average Bonchev–Trinajstić information content (AvgIpc) is 2.42. The minimum Gasteiger partial charge on any atom is -0.452 e. The van der Waals surface area contributed by atoms with Crippen molar-refractivity contribution in [1.29, 1.82) is 0 Å². The van der Waals surface area contributed by atoms with Gasteiger partial charge in [0.25, 0.3) is 5.91 Å². The van der Waals surface area contributed by atoms with Crippen molar-refractivity contribution in [3.63, 3.8) is 0 Å². The Bertz CT molecular complexity index is 447. The first kappa shape index (κ1) is 15.4. The summed E-state index contributed by atoms with van der Waals surface area (Å²) in [4.78, 5) is 27.0. The zero-order valence-electron chi connectivity index (χ0n) is 11.0. The molecule has 19 heavy (non-hydrogen) atoms. The van der Waals surface area contributed by atoms with Crippen LogP contribution in [0.4, 0.5) is 0 Å². The van der Waals surface area contributed by atoms with Gasteiger partial charge < -0.3 is 10.1 Å². The predicted octanol–water partition coefficient (Wildman–Crippen LogP) is 2.20. The van der Waals surface area contributed by atoms with E-state index in [0.717, 1.165) is 12.8 Å². The standard InChI is InChI=1S/C13H17ClN2O3/c1-3-9(4-2)16-11(17)8-19-13(18)10-6-5-7-15-12(10)14/h5-7,9H,3-4,8H2,1-2H3,(H,16,17). The number of ether oxygens (including phenoxy) is 1. The highest BCUT2D eigenvalue weighted by Gasteiger charge is 2.15. The first-order chi connectivity index (χ1) is 9.08. The molecule has 1 amide bonds. The second-order valence-electron chi connectivity index (χ2n) is 4.00. The van der Waals surface area contributed by atoms with Crippen LogP contribution >= 0.6 is 11.6 Å². The lowest BCUT2D eigenvalue weighted by Crippen LogP contribution is -2.36. The van der Waals surface area contributed by atoms with Gasteiger partial charge in [0.05, 0.1) is 5.56 Å². The normalized spacial score (nSPS) is 10.3. The van der Waals surface area contributed by atoms with Crippen molar-refractivity contribution < 1.29 is 14.3 Å². The number of carbonyl (C=O) groups is 2. The number of rotatable bonds is 6. The molecule has 1 aromatic rings. The molecule has 0 radical (unpaired) electrons. The number of hydrogen-bond acceptors (Lipinski definition) is 4. The minimum atomic E-state index is -0.655. The number of esters is 1. The molecule has 0 atom stereocenters. The maximum Gasteiger partial charge on any atom is 0.341 e. The van der Waals surface area contributed by atoms with Crippen LogP contribution in [-0.2, 0) is 9.53 Å². The van der Waals surface area contributed by atoms with Gasteiger partial charge in [-0.2, -0.15) is 0 Å². The highest BCUT2D eigenvalue weighted by Crippen LogP contribution is 2.12. The average molecular weight is 285 g/mol. The molecule has 0 saturated heterocycles. The molecule has 0 aliphatic carbocycles. The summed E-state index contributed by atoms with van der Waals surface area (Å²) in [7, 11) is 0. The van der Waals surface area contributed by atoms with E-state index in [4.69, 9.17) is 16.3 Å². The second-order valence-corrected chi connectivity index (χ2v) is 4.36. The van der Waals surface area contributed by atoms with Gasteiger partial charge in [0, 0.05) is 12.2 Å². The van der Waals surface area contributed by atoms with Crippen molar-refractivity contribution in [3.8, 4) is 0 Å². The van der Waals surface area contributed by atoms with Gasteiger partial charge in [-0.05, 0) is 25.0 Å². The van der Waals surface area contributed by atoms with E-state index in [2.05, 4.69) is 10.3 Å². The molecule has 1 heterocycles. The monoisotopic (exact) mass is 284 g/mol. The zero-order chi connectivity index (χ0) is 14.3. The van der Waals surface area contributed by atoms with Gasteiger partial charge >= 0.3 is 5.97 Å². The van der Waals surface area contributed by atoms with E-state index in [1.807, 2.05) is 13.8 Å². The van der Waals surface area contributed by atoms with Gasteiger partial charge in [0.15, 0.2) is 6.61 Å². The SMILES string of the molecule is CCC(CC)NC(=O)COC(=O)c1cccnc1Cl. The molecule has 0 unspecified atom stereocenters. The third-order valence-electron chi connectivity index (χ3n) is 2.66. The Kier molecular flexibility index (Phi) is 6.29. The summed E-state index contributed by atoms with van der Waals surface area (Å²) in [6.45, 7) is 3.65. The third kappa shape index (κ3) is 4.87. The van der Waals surface area contributed by atoms with Crippen molar-refractivity contribution in [2.75, 3.05) is 6.61 Å². The van der Waals surface area contributed by atoms with Crippen LogP contribution < -0.4 is 5.32 Å². The maximum absolute atomic E-state index is 11.7. The van der Waals surface area contributed by atoms with Crippen LogP contribution in [0.1, 0.15) is 37.0 Å². The highest BCUT2D eigenvalue weighted by atomic mass is 35.5. The largest absolute Gasteiger partial charge is 0.452 e. The van der Waals surface area contributed by atoms with Gasteiger partial charge in [-0.15, -0.1) is 0 Å². The van der Waals surface area contributed by atoms with Crippen LogP contribution in [-0.4, -0.2) is 29.5 Å². The van der Waals surface area contributed by atoms with E-state index in [1.165, 1.54) is 12.3 Å². The number of nitrogens with zero attached hydrogens (tertiary/aromatic N) is 1. The molecule has 0 aliphatic heterocycles. The zero-order valence-corrected chi connectivity index (χ0v) is 11.7. The van der Waals surface area contributed by atoms with Crippen molar-refractivity contribution in [2.45, 2.75) is 32.7 Å². The fourth-order valence-electron chi connectivity index (χ4n) is 1.51. The topological polar surface area (TPSA) is 68.3 Å². The smallest absolute Gasteiger partial charge is 0.341 e.